The maximum Gasteiger partial charge on any atom is 0.276 e. The van der Waals surface area contributed by atoms with Crippen LogP contribution in [0.2, 0.25) is 5.02 Å². The van der Waals surface area contributed by atoms with Gasteiger partial charge in [0.1, 0.15) is 5.75 Å². The van der Waals surface area contributed by atoms with Crippen molar-refractivity contribution in [3.8, 4) is 5.75 Å². The standard InChI is InChI=1S/C19H18ClN3O3S/c1-12-7-13(2)9-16(8-12)26-10-17(24)22-23-18(25)11-27-19(23)21-15-5-3-14(20)4-6-15/h3-9H,10-11H2,1-2H3,(H,22,24). The summed E-state index contributed by atoms with van der Waals surface area (Å²) in [5.74, 6) is 0.145. The Morgan fingerprint density at radius 3 is 2.56 bits per heavy atom. The van der Waals surface area contributed by atoms with Gasteiger partial charge in [0, 0.05) is 5.02 Å². The van der Waals surface area contributed by atoms with E-state index in [9.17, 15) is 9.59 Å². The Hall–Kier alpha value is -2.51. The average Bonchev–Trinajstić information content (AvgIpc) is 2.94. The molecule has 6 nitrogen and oxygen atoms in total. The van der Waals surface area contributed by atoms with E-state index in [1.807, 2.05) is 32.0 Å². The van der Waals surface area contributed by atoms with E-state index in [0.717, 1.165) is 16.1 Å². The summed E-state index contributed by atoms with van der Waals surface area (Å²) in [6.07, 6.45) is 0. The largest absolute Gasteiger partial charge is 0.484 e. The number of amidine groups is 1. The molecule has 0 radical (unpaired) electrons. The van der Waals surface area contributed by atoms with Crippen LogP contribution in [0.1, 0.15) is 11.1 Å². The molecule has 27 heavy (non-hydrogen) atoms. The minimum atomic E-state index is -0.436. The van der Waals surface area contributed by atoms with Crippen LogP contribution in [0.4, 0.5) is 5.69 Å². The summed E-state index contributed by atoms with van der Waals surface area (Å²) in [5, 5.41) is 2.16. The second-order valence-corrected chi connectivity index (χ2v) is 7.41. The first-order chi connectivity index (χ1) is 12.9. The Kier molecular flexibility index (Phi) is 6.03. The van der Waals surface area contributed by atoms with Crippen molar-refractivity contribution in [2.45, 2.75) is 13.8 Å². The van der Waals surface area contributed by atoms with Crippen LogP contribution in [-0.2, 0) is 9.59 Å². The van der Waals surface area contributed by atoms with Gasteiger partial charge in [-0.3, -0.25) is 15.0 Å². The fourth-order valence-electron chi connectivity index (χ4n) is 2.50. The second kappa shape index (κ2) is 8.45. The number of nitrogens with zero attached hydrogens (tertiary/aromatic N) is 2. The molecule has 1 heterocycles. The van der Waals surface area contributed by atoms with Crippen LogP contribution in [-0.4, -0.2) is 34.4 Å². The highest BCUT2D eigenvalue weighted by Gasteiger charge is 2.30. The van der Waals surface area contributed by atoms with Crippen molar-refractivity contribution in [3.63, 3.8) is 0 Å². The monoisotopic (exact) mass is 403 g/mol. The van der Waals surface area contributed by atoms with Gasteiger partial charge in [0.2, 0.25) is 0 Å². The summed E-state index contributed by atoms with van der Waals surface area (Å²) in [5.41, 5.74) is 5.29. The number of nitrogens with one attached hydrogen (secondary N) is 1. The average molecular weight is 404 g/mol. The lowest BCUT2D eigenvalue weighted by molar-refractivity contribution is -0.135. The van der Waals surface area contributed by atoms with Crippen LogP contribution in [0, 0.1) is 13.8 Å². The Morgan fingerprint density at radius 2 is 1.89 bits per heavy atom. The Bertz CT molecular complexity index is 879. The molecule has 2 amide bonds. The number of rotatable bonds is 5. The molecule has 1 N–H and O–H groups in total. The molecule has 2 aromatic carbocycles. The third kappa shape index (κ3) is 5.24. The molecule has 0 saturated carbocycles. The molecular formula is C19H18ClN3O3S. The lowest BCUT2D eigenvalue weighted by Crippen LogP contribution is -2.47. The van der Waals surface area contributed by atoms with Crippen molar-refractivity contribution < 1.29 is 14.3 Å². The number of hydrogen-bond acceptors (Lipinski definition) is 5. The molecule has 0 unspecified atom stereocenters. The maximum atomic E-state index is 12.2. The zero-order chi connectivity index (χ0) is 19.4. The molecule has 0 spiro atoms. The molecule has 8 heteroatoms. The van der Waals surface area contributed by atoms with Gasteiger partial charge >= 0.3 is 0 Å². The molecule has 0 bridgehead atoms. The van der Waals surface area contributed by atoms with Crippen molar-refractivity contribution >= 4 is 46.0 Å². The van der Waals surface area contributed by atoms with E-state index in [2.05, 4.69) is 10.4 Å². The molecule has 0 aromatic heterocycles. The Morgan fingerprint density at radius 1 is 1.22 bits per heavy atom. The summed E-state index contributed by atoms with van der Waals surface area (Å²) in [6, 6.07) is 12.6. The number of benzene rings is 2. The number of halogens is 1. The number of carbonyl (C=O) groups excluding carboxylic acids is 2. The van der Waals surface area contributed by atoms with E-state index >= 15 is 0 Å². The molecule has 1 fully saturated rings. The topological polar surface area (TPSA) is 71.0 Å². The van der Waals surface area contributed by atoms with E-state index < -0.39 is 5.91 Å². The fourth-order valence-corrected chi connectivity index (χ4v) is 3.46. The number of ether oxygens (including phenoxy) is 1. The van der Waals surface area contributed by atoms with Crippen molar-refractivity contribution in [1.82, 2.24) is 10.4 Å². The molecule has 140 valence electrons. The summed E-state index contributed by atoms with van der Waals surface area (Å²) in [7, 11) is 0. The Labute approximate surface area is 166 Å². The van der Waals surface area contributed by atoms with Crippen molar-refractivity contribution in [3.05, 3.63) is 58.6 Å². The van der Waals surface area contributed by atoms with Gasteiger partial charge in [0.05, 0.1) is 11.4 Å². The first kappa shape index (κ1) is 19.3. The van der Waals surface area contributed by atoms with Gasteiger partial charge in [-0.1, -0.05) is 29.4 Å². The van der Waals surface area contributed by atoms with Crippen LogP contribution in [0.25, 0.3) is 0 Å². The molecule has 2 aromatic rings. The number of hydrogen-bond donors (Lipinski definition) is 1. The minimum Gasteiger partial charge on any atom is -0.484 e. The number of hydrazine groups is 1. The fraction of sp³-hybridized carbons (Fsp3) is 0.211. The molecule has 3 rings (SSSR count). The van der Waals surface area contributed by atoms with Crippen LogP contribution < -0.4 is 10.2 Å². The van der Waals surface area contributed by atoms with Gasteiger partial charge in [-0.25, -0.2) is 4.99 Å². The molecular weight excluding hydrogens is 386 g/mol. The van der Waals surface area contributed by atoms with Gasteiger partial charge in [-0.05, 0) is 61.4 Å². The van der Waals surface area contributed by atoms with Gasteiger partial charge in [-0.2, -0.15) is 5.01 Å². The van der Waals surface area contributed by atoms with Crippen LogP contribution in [0.15, 0.2) is 47.5 Å². The van der Waals surface area contributed by atoms with Crippen LogP contribution in [0.3, 0.4) is 0 Å². The number of aliphatic imine (C=N–C) groups is 1. The third-order valence-corrected chi connectivity index (χ3v) is 4.79. The first-order valence-electron chi connectivity index (χ1n) is 8.21. The third-order valence-electron chi connectivity index (χ3n) is 3.62. The first-order valence-corrected chi connectivity index (χ1v) is 9.57. The normalized spacial score (nSPS) is 15.3. The Balaban J connectivity index is 1.64. The lowest BCUT2D eigenvalue weighted by Gasteiger charge is -2.17. The van der Waals surface area contributed by atoms with E-state index in [4.69, 9.17) is 16.3 Å². The van der Waals surface area contributed by atoms with E-state index in [-0.39, 0.29) is 18.3 Å². The highest BCUT2D eigenvalue weighted by Crippen LogP contribution is 2.23. The molecule has 1 aliphatic rings. The maximum absolute atomic E-state index is 12.2. The predicted molar refractivity (Wildman–Crippen MR) is 107 cm³/mol. The van der Waals surface area contributed by atoms with Crippen molar-refractivity contribution in [2.75, 3.05) is 12.4 Å². The SMILES string of the molecule is Cc1cc(C)cc(OCC(=O)NN2C(=O)CSC2=Nc2ccc(Cl)cc2)c1. The molecule has 0 atom stereocenters. The van der Waals surface area contributed by atoms with E-state index in [1.165, 1.54) is 11.8 Å². The van der Waals surface area contributed by atoms with Crippen molar-refractivity contribution in [2.24, 2.45) is 4.99 Å². The second-order valence-electron chi connectivity index (χ2n) is 6.04. The molecule has 1 aliphatic heterocycles. The lowest BCUT2D eigenvalue weighted by atomic mass is 10.1. The summed E-state index contributed by atoms with van der Waals surface area (Å²) < 4.78 is 5.53. The van der Waals surface area contributed by atoms with Crippen LogP contribution >= 0.6 is 23.4 Å². The molecule has 0 aliphatic carbocycles. The highest BCUT2D eigenvalue weighted by molar-refractivity contribution is 8.15. The van der Waals surface area contributed by atoms with Gasteiger partial charge in [-0.15, -0.1) is 0 Å². The molecule has 1 saturated heterocycles. The van der Waals surface area contributed by atoms with Crippen molar-refractivity contribution in [1.29, 1.82) is 0 Å². The number of amides is 2. The van der Waals surface area contributed by atoms with E-state index in [0.29, 0.717) is 21.6 Å². The summed E-state index contributed by atoms with van der Waals surface area (Å²) in [4.78, 5) is 28.7. The zero-order valence-electron chi connectivity index (χ0n) is 14.9. The van der Waals surface area contributed by atoms with Gasteiger partial charge in [0.25, 0.3) is 11.8 Å². The van der Waals surface area contributed by atoms with E-state index in [1.54, 1.807) is 24.3 Å². The zero-order valence-corrected chi connectivity index (χ0v) is 16.4. The quantitative estimate of drug-likeness (QED) is 0.827. The summed E-state index contributed by atoms with van der Waals surface area (Å²) in [6.45, 7) is 3.71. The number of carbonyl (C=O) groups is 2. The smallest absolute Gasteiger partial charge is 0.276 e. The highest BCUT2D eigenvalue weighted by atomic mass is 35.5. The predicted octanol–water partition coefficient (Wildman–Crippen LogP) is 3.63. The summed E-state index contributed by atoms with van der Waals surface area (Å²) >= 11 is 7.12. The van der Waals surface area contributed by atoms with Crippen LogP contribution in [0.5, 0.6) is 5.75 Å². The van der Waals surface area contributed by atoms with Gasteiger partial charge < -0.3 is 4.74 Å². The number of aryl methyl sites for hydroxylation is 2. The van der Waals surface area contributed by atoms with Gasteiger partial charge in [0.15, 0.2) is 11.8 Å². The number of thioether (sulfide) groups is 1. The minimum absolute atomic E-state index is 0.203.